The Hall–Kier alpha value is -1.62. The van der Waals surface area contributed by atoms with E-state index in [2.05, 4.69) is 42.7 Å². The zero-order valence-corrected chi connectivity index (χ0v) is 14.5. The second kappa shape index (κ2) is 10.2. The predicted octanol–water partition coefficient (Wildman–Crippen LogP) is 1.89. The van der Waals surface area contributed by atoms with Gasteiger partial charge in [-0.2, -0.15) is 0 Å². The molecule has 0 aromatic rings. The van der Waals surface area contributed by atoms with Gasteiger partial charge in [-0.15, -0.1) is 0 Å². The van der Waals surface area contributed by atoms with Crippen LogP contribution in [0.4, 0.5) is 0 Å². The molecule has 0 aliphatic heterocycles. The Labute approximate surface area is 134 Å². The van der Waals surface area contributed by atoms with Gasteiger partial charge in [-0.1, -0.05) is 51.5 Å². The van der Waals surface area contributed by atoms with Crippen LogP contribution in [0.5, 0.6) is 0 Å². The van der Waals surface area contributed by atoms with Crippen molar-refractivity contribution in [3.63, 3.8) is 0 Å². The molecule has 0 radical (unpaired) electrons. The molecule has 4 N–H and O–H groups in total. The number of likely N-dealkylation sites (N-methyl/N-ethyl adjacent to an activating group) is 1. The van der Waals surface area contributed by atoms with Crippen molar-refractivity contribution in [3.8, 4) is 0 Å². The van der Waals surface area contributed by atoms with E-state index in [4.69, 9.17) is 5.73 Å². The molecule has 2 amide bonds. The maximum Gasteiger partial charge on any atom is 0.241 e. The van der Waals surface area contributed by atoms with E-state index in [1.54, 1.807) is 7.05 Å². The van der Waals surface area contributed by atoms with Crippen LogP contribution in [-0.2, 0) is 9.59 Å². The maximum atomic E-state index is 12.5. The SMILES string of the molecule is CC/C=C(\C=C/C(C)C(CC)(NC)C(=O)NCC(N)=O)CC. The van der Waals surface area contributed by atoms with Gasteiger partial charge < -0.3 is 16.4 Å². The number of nitrogens with two attached hydrogens (primary N) is 1. The Morgan fingerprint density at radius 2 is 1.91 bits per heavy atom. The third kappa shape index (κ3) is 5.64. The first-order valence-electron chi connectivity index (χ1n) is 8.00. The number of hydrogen-bond acceptors (Lipinski definition) is 3. The molecule has 0 saturated carbocycles. The zero-order chi connectivity index (χ0) is 17.2. The minimum Gasteiger partial charge on any atom is -0.368 e. The molecule has 0 aromatic heterocycles. The molecular weight excluding hydrogens is 278 g/mol. The zero-order valence-electron chi connectivity index (χ0n) is 14.5. The molecule has 126 valence electrons. The third-order valence-corrected chi connectivity index (χ3v) is 4.08. The summed E-state index contributed by atoms with van der Waals surface area (Å²) in [5.41, 5.74) is 5.60. The molecule has 0 spiro atoms. The summed E-state index contributed by atoms with van der Waals surface area (Å²) in [4.78, 5) is 23.4. The van der Waals surface area contributed by atoms with E-state index in [-0.39, 0.29) is 18.4 Å². The van der Waals surface area contributed by atoms with Gasteiger partial charge in [-0.25, -0.2) is 0 Å². The van der Waals surface area contributed by atoms with Gasteiger partial charge in [-0.3, -0.25) is 9.59 Å². The second-order valence-corrected chi connectivity index (χ2v) is 5.41. The van der Waals surface area contributed by atoms with Crippen LogP contribution in [0.25, 0.3) is 0 Å². The van der Waals surface area contributed by atoms with E-state index in [1.165, 1.54) is 5.57 Å². The Morgan fingerprint density at radius 3 is 2.32 bits per heavy atom. The molecular formula is C17H31N3O2. The lowest BCUT2D eigenvalue weighted by molar-refractivity contribution is -0.131. The van der Waals surface area contributed by atoms with E-state index in [0.29, 0.717) is 6.42 Å². The van der Waals surface area contributed by atoms with E-state index >= 15 is 0 Å². The first-order chi connectivity index (χ1) is 10.4. The van der Waals surface area contributed by atoms with Crippen molar-refractivity contribution in [1.82, 2.24) is 10.6 Å². The Bertz CT molecular complexity index is 424. The normalized spacial score (nSPS) is 16.3. The fourth-order valence-corrected chi connectivity index (χ4v) is 2.56. The van der Waals surface area contributed by atoms with E-state index in [1.807, 2.05) is 13.8 Å². The number of nitrogens with one attached hydrogen (secondary N) is 2. The number of allylic oxidation sites excluding steroid dienone is 3. The van der Waals surface area contributed by atoms with Crippen LogP contribution in [-0.4, -0.2) is 30.9 Å². The molecule has 0 bridgehead atoms. The average molecular weight is 309 g/mol. The molecule has 5 nitrogen and oxygen atoms in total. The minimum atomic E-state index is -0.753. The average Bonchev–Trinajstić information content (AvgIpc) is 2.50. The molecule has 0 heterocycles. The van der Waals surface area contributed by atoms with Gasteiger partial charge in [0.05, 0.1) is 6.54 Å². The number of primary amides is 1. The van der Waals surface area contributed by atoms with Gasteiger partial charge in [0.1, 0.15) is 5.54 Å². The monoisotopic (exact) mass is 309 g/mol. The Balaban J connectivity index is 5.20. The topological polar surface area (TPSA) is 84.2 Å². The van der Waals surface area contributed by atoms with E-state index in [0.717, 1.165) is 12.8 Å². The van der Waals surface area contributed by atoms with Crippen molar-refractivity contribution >= 4 is 11.8 Å². The summed E-state index contributed by atoms with van der Waals surface area (Å²) in [6, 6.07) is 0. The molecule has 22 heavy (non-hydrogen) atoms. The van der Waals surface area contributed by atoms with Crippen molar-refractivity contribution in [3.05, 3.63) is 23.8 Å². The summed E-state index contributed by atoms with van der Waals surface area (Å²) in [6.07, 6.45) is 8.88. The highest BCUT2D eigenvalue weighted by Crippen LogP contribution is 2.24. The fraction of sp³-hybridized carbons (Fsp3) is 0.647. The largest absolute Gasteiger partial charge is 0.368 e. The summed E-state index contributed by atoms with van der Waals surface area (Å²) < 4.78 is 0. The lowest BCUT2D eigenvalue weighted by Crippen LogP contribution is -2.59. The molecule has 2 unspecified atom stereocenters. The molecule has 0 fully saturated rings. The molecule has 0 aliphatic carbocycles. The molecule has 0 aromatic carbocycles. The summed E-state index contributed by atoms with van der Waals surface area (Å²) >= 11 is 0. The Morgan fingerprint density at radius 1 is 1.27 bits per heavy atom. The van der Waals surface area contributed by atoms with E-state index in [9.17, 15) is 9.59 Å². The van der Waals surface area contributed by atoms with Crippen LogP contribution in [0.3, 0.4) is 0 Å². The lowest BCUT2D eigenvalue weighted by Gasteiger charge is -2.35. The van der Waals surface area contributed by atoms with Gasteiger partial charge in [0, 0.05) is 5.92 Å². The van der Waals surface area contributed by atoms with Gasteiger partial charge in [0.25, 0.3) is 0 Å². The van der Waals surface area contributed by atoms with Crippen LogP contribution >= 0.6 is 0 Å². The highest BCUT2D eigenvalue weighted by Gasteiger charge is 2.39. The highest BCUT2D eigenvalue weighted by molar-refractivity contribution is 5.90. The quantitative estimate of drug-likeness (QED) is 0.539. The van der Waals surface area contributed by atoms with Gasteiger partial charge >= 0.3 is 0 Å². The van der Waals surface area contributed by atoms with Crippen molar-refractivity contribution in [1.29, 1.82) is 0 Å². The molecule has 5 heteroatoms. The summed E-state index contributed by atoms with van der Waals surface area (Å²) in [6.45, 7) is 8.02. The molecule has 0 rings (SSSR count). The standard InChI is InChI=1S/C17H31N3O2/c1-6-9-14(7-2)11-10-13(4)17(8-3,19-5)16(22)20-12-15(18)21/h9-11,13,19H,6-8,12H2,1-5H3,(H2,18,21)(H,20,22)/b11-10-,14-9-. The first kappa shape index (κ1) is 20.4. The van der Waals surface area contributed by atoms with Crippen molar-refractivity contribution in [2.75, 3.05) is 13.6 Å². The highest BCUT2D eigenvalue weighted by atomic mass is 16.2. The lowest BCUT2D eigenvalue weighted by atomic mass is 9.81. The summed E-state index contributed by atoms with van der Waals surface area (Å²) in [5.74, 6) is -0.773. The molecule has 0 aliphatic rings. The number of rotatable bonds is 10. The van der Waals surface area contributed by atoms with Crippen LogP contribution in [0.1, 0.15) is 47.0 Å². The summed E-state index contributed by atoms with van der Waals surface area (Å²) in [5, 5.41) is 5.74. The number of amides is 2. The van der Waals surface area contributed by atoms with Crippen molar-refractivity contribution in [2.24, 2.45) is 11.7 Å². The number of carbonyl (C=O) groups is 2. The van der Waals surface area contributed by atoms with Crippen LogP contribution in [0.2, 0.25) is 0 Å². The van der Waals surface area contributed by atoms with Crippen molar-refractivity contribution < 1.29 is 9.59 Å². The minimum absolute atomic E-state index is 0.0258. The Kier molecular flexibility index (Phi) is 9.42. The predicted molar refractivity (Wildman–Crippen MR) is 91.3 cm³/mol. The smallest absolute Gasteiger partial charge is 0.241 e. The van der Waals surface area contributed by atoms with Crippen LogP contribution in [0.15, 0.2) is 23.8 Å². The third-order valence-electron chi connectivity index (χ3n) is 4.08. The van der Waals surface area contributed by atoms with Gasteiger partial charge in [0.2, 0.25) is 11.8 Å². The van der Waals surface area contributed by atoms with Gasteiger partial charge in [-0.05, 0) is 26.3 Å². The van der Waals surface area contributed by atoms with Crippen LogP contribution in [0, 0.1) is 5.92 Å². The summed E-state index contributed by atoms with van der Waals surface area (Å²) in [7, 11) is 1.76. The number of hydrogen-bond donors (Lipinski definition) is 3. The van der Waals surface area contributed by atoms with Gasteiger partial charge in [0.15, 0.2) is 0 Å². The second-order valence-electron chi connectivity index (χ2n) is 5.41. The molecule has 2 atom stereocenters. The number of carbonyl (C=O) groups excluding carboxylic acids is 2. The van der Waals surface area contributed by atoms with Crippen molar-refractivity contribution in [2.45, 2.75) is 52.5 Å². The van der Waals surface area contributed by atoms with E-state index < -0.39 is 11.4 Å². The maximum absolute atomic E-state index is 12.5. The van der Waals surface area contributed by atoms with Crippen LogP contribution < -0.4 is 16.4 Å². The first-order valence-corrected chi connectivity index (χ1v) is 8.00. The molecule has 0 saturated heterocycles. The fourth-order valence-electron chi connectivity index (χ4n) is 2.56.